The van der Waals surface area contributed by atoms with Crippen molar-refractivity contribution in [1.29, 1.82) is 0 Å². The van der Waals surface area contributed by atoms with E-state index >= 15 is 0 Å². The molecular weight excluding hydrogens is 510 g/mol. The summed E-state index contributed by atoms with van der Waals surface area (Å²) >= 11 is 6.41. The first-order valence-electron chi connectivity index (χ1n) is 13.3. The van der Waals surface area contributed by atoms with Gasteiger partial charge in [-0.15, -0.1) is 0 Å². The first-order chi connectivity index (χ1) is 18.7. The maximum absolute atomic E-state index is 13.0. The molecule has 0 aliphatic carbocycles. The number of hydrogen-bond acceptors (Lipinski definition) is 4. The molecule has 0 atom stereocenters. The number of amides is 2. The molecule has 1 aliphatic rings. The van der Waals surface area contributed by atoms with E-state index in [0.29, 0.717) is 30.2 Å². The summed E-state index contributed by atoms with van der Waals surface area (Å²) < 4.78 is 5.67. The van der Waals surface area contributed by atoms with Gasteiger partial charge >= 0.3 is 6.09 Å². The summed E-state index contributed by atoms with van der Waals surface area (Å²) in [6.07, 6.45) is 5.34. The van der Waals surface area contributed by atoms with Crippen LogP contribution in [0.25, 0.3) is 0 Å². The number of carbonyl (C=O) groups is 2. The Kier molecular flexibility index (Phi) is 9.31. The molecule has 1 heterocycles. The van der Waals surface area contributed by atoms with Gasteiger partial charge in [0.2, 0.25) is 5.91 Å². The number of aryl methyl sites for hydroxylation is 2. The quantitative estimate of drug-likeness (QED) is 0.300. The molecule has 0 bridgehead atoms. The van der Waals surface area contributed by atoms with Gasteiger partial charge in [0, 0.05) is 47.8 Å². The number of anilines is 3. The highest BCUT2D eigenvalue weighted by Crippen LogP contribution is 2.37. The molecule has 204 valence electrons. The number of nitrogens with zero attached hydrogens (tertiary/aromatic N) is 2. The van der Waals surface area contributed by atoms with Gasteiger partial charge < -0.3 is 19.9 Å². The highest BCUT2D eigenvalue weighted by molar-refractivity contribution is 6.30. The Hall–Kier alpha value is -3.77. The second-order valence-electron chi connectivity index (χ2n) is 10.6. The lowest BCUT2D eigenvalue weighted by molar-refractivity contribution is -0.111. The third-order valence-corrected chi connectivity index (χ3v) is 6.62. The third-order valence-electron chi connectivity index (χ3n) is 6.38. The Labute approximate surface area is 236 Å². The molecule has 0 aromatic heterocycles. The van der Waals surface area contributed by atoms with Crippen LogP contribution in [0, 0.1) is 0 Å². The van der Waals surface area contributed by atoms with E-state index < -0.39 is 11.7 Å². The summed E-state index contributed by atoms with van der Waals surface area (Å²) in [5.74, 6) is -0.250. The van der Waals surface area contributed by atoms with E-state index in [2.05, 4.69) is 40.5 Å². The predicted molar refractivity (Wildman–Crippen MR) is 159 cm³/mol. The van der Waals surface area contributed by atoms with Crippen LogP contribution in [0.3, 0.4) is 0 Å². The molecule has 7 heteroatoms. The second kappa shape index (κ2) is 12.9. The van der Waals surface area contributed by atoms with Gasteiger partial charge in [-0.2, -0.15) is 0 Å². The summed E-state index contributed by atoms with van der Waals surface area (Å²) in [7, 11) is 0. The van der Waals surface area contributed by atoms with Crippen LogP contribution in [0.5, 0.6) is 0 Å². The molecule has 6 nitrogen and oxygen atoms in total. The molecule has 0 unspecified atom stereocenters. The SMILES string of the molecule is CC(C)(C)OC(=O)N(C/C=C/C(=O)Nc1ccccc1)CCCN1c2ccccc2CCc2ccc(Cl)cc21. The van der Waals surface area contributed by atoms with E-state index in [1.165, 1.54) is 22.9 Å². The van der Waals surface area contributed by atoms with Crippen LogP contribution in [0.15, 0.2) is 84.9 Å². The lowest BCUT2D eigenvalue weighted by Crippen LogP contribution is -2.38. The predicted octanol–water partition coefficient (Wildman–Crippen LogP) is 7.40. The molecule has 3 aromatic carbocycles. The first kappa shape index (κ1) is 28.2. The van der Waals surface area contributed by atoms with Crippen molar-refractivity contribution in [3.63, 3.8) is 0 Å². The Morgan fingerprint density at radius 3 is 2.41 bits per heavy atom. The van der Waals surface area contributed by atoms with E-state index in [9.17, 15) is 9.59 Å². The van der Waals surface area contributed by atoms with Gasteiger partial charge in [-0.05, 0) is 81.5 Å². The molecule has 0 fully saturated rings. The first-order valence-corrected chi connectivity index (χ1v) is 13.7. The lowest BCUT2D eigenvalue weighted by atomic mass is 10.0. The lowest BCUT2D eigenvalue weighted by Gasteiger charge is -2.30. The fourth-order valence-electron chi connectivity index (χ4n) is 4.62. The van der Waals surface area contributed by atoms with Gasteiger partial charge in [-0.3, -0.25) is 4.79 Å². The number of ether oxygens (including phenoxy) is 1. The zero-order valence-corrected chi connectivity index (χ0v) is 23.6. The minimum atomic E-state index is -0.622. The van der Waals surface area contributed by atoms with Crippen molar-refractivity contribution in [2.75, 3.05) is 29.9 Å². The van der Waals surface area contributed by atoms with Gasteiger partial charge in [0.15, 0.2) is 0 Å². The number of halogens is 1. The van der Waals surface area contributed by atoms with E-state index in [-0.39, 0.29) is 12.5 Å². The molecule has 0 radical (unpaired) electrons. The molecule has 0 spiro atoms. The maximum atomic E-state index is 13.0. The van der Waals surface area contributed by atoms with Crippen LogP contribution in [-0.2, 0) is 22.4 Å². The van der Waals surface area contributed by atoms with Crippen molar-refractivity contribution >= 4 is 40.7 Å². The maximum Gasteiger partial charge on any atom is 0.410 e. The number of benzene rings is 3. The van der Waals surface area contributed by atoms with Crippen LogP contribution in [0.1, 0.15) is 38.3 Å². The van der Waals surface area contributed by atoms with Crippen molar-refractivity contribution in [2.24, 2.45) is 0 Å². The molecule has 2 amide bonds. The number of fused-ring (bicyclic) bond motifs is 2. The fourth-order valence-corrected chi connectivity index (χ4v) is 4.79. The highest BCUT2D eigenvalue weighted by Gasteiger charge is 2.24. The van der Waals surface area contributed by atoms with Gasteiger partial charge in [-0.1, -0.05) is 60.1 Å². The molecule has 1 aliphatic heterocycles. The summed E-state index contributed by atoms with van der Waals surface area (Å²) in [5.41, 5.74) is 4.92. The van der Waals surface area contributed by atoms with E-state index in [1.54, 1.807) is 11.0 Å². The standard InChI is InChI=1S/C32H36ClN3O3/c1-32(2,3)39-31(38)35(20-9-15-30(37)34-27-12-5-4-6-13-27)21-10-22-36-28-14-8-7-11-24(28)16-17-25-18-19-26(33)23-29(25)36/h4-9,11-15,18-19,23H,10,16-17,20-22H2,1-3H3,(H,34,37)/b15-9+. The van der Waals surface area contributed by atoms with Crippen molar-refractivity contribution < 1.29 is 14.3 Å². The van der Waals surface area contributed by atoms with Gasteiger partial charge in [0.25, 0.3) is 0 Å². The van der Waals surface area contributed by atoms with Crippen LogP contribution >= 0.6 is 11.6 Å². The molecular formula is C32H36ClN3O3. The summed E-state index contributed by atoms with van der Waals surface area (Å²) in [6, 6.07) is 23.8. The zero-order valence-electron chi connectivity index (χ0n) is 22.8. The summed E-state index contributed by atoms with van der Waals surface area (Å²) in [5, 5.41) is 3.52. The highest BCUT2D eigenvalue weighted by atomic mass is 35.5. The van der Waals surface area contributed by atoms with Gasteiger partial charge in [-0.25, -0.2) is 4.79 Å². The molecule has 39 heavy (non-hydrogen) atoms. The zero-order chi connectivity index (χ0) is 27.8. The average Bonchev–Trinajstić information content (AvgIpc) is 3.04. The van der Waals surface area contributed by atoms with Crippen molar-refractivity contribution in [3.05, 3.63) is 101 Å². The fraction of sp³-hybridized carbons (Fsp3) is 0.312. The summed E-state index contributed by atoms with van der Waals surface area (Å²) in [4.78, 5) is 29.3. The molecule has 1 N–H and O–H groups in total. The van der Waals surface area contributed by atoms with Crippen LogP contribution < -0.4 is 10.2 Å². The van der Waals surface area contributed by atoms with E-state index in [4.69, 9.17) is 16.3 Å². The Morgan fingerprint density at radius 1 is 0.974 bits per heavy atom. The Morgan fingerprint density at radius 2 is 1.67 bits per heavy atom. The van der Waals surface area contributed by atoms with Crippen LogP contribution in [-0.4, -0.2) is 42.1 Å². The second-order valence-corrected chi connectivity index (χ2v) is 11.0. The smallest absolute Gasteiger partial charge is 0.410 e. The van der Waals surface area contributed by atoms with Crippen molar-refractivity contribution in [1.82, 2.24) is 4.90 Å². The number of carbonyl (C=O) groups excluding carboxylic acids is 2. The van der Waals surface area contributed by atoms with Gasteiger partial charge in [0.05, 0.1) is 0 Å². The monoisotopic (exact) mass is 545 g/mol. The Bertz CT molecular complexity index is 1320. The summed E-state index contributed by atoms with van der Waals surface area (Å²) in [6.45, 7) is 6.97. The molecule has 0 saturated heterocycles. The van der Waals surface area contributed by atoms with Crippen molar-refractivity contribution in [2.45, 2.75) is 45.6 Å². The topological polar surface area (TPSA) is 61.9 Å². The Balaban J connectivity index is 1.46. The molecule has 0 saturated carbocycles. The van der Waals surface area contributed by atoms with Crippen molar-refractivity contribution in [3.8, 4) is 0 Å². The average molecular weight is 546 g/mol. The third kappa shape index (κ3) is 8.11. The number of hydrogen-bond donors (Lipinski definition) is 1. The largest absolute Gasteiger partial charge is 0.444 e. The van der Waals surface area contributed by atoms with Crippen LogP contribution in [0.4, 0.5) is 21.9 Å². The number of rotatable bonds is 8. The minimum absolute atomic E-state index is 0.250. The molecule has 4 rings (SSSR count). The minimum Gasteiger partial charge on any atom is -0.444 e. The van der Waals surface area contributed by atoms with E-state index in [1.807, 2.05) is 63.2 Å². The number of nitrogens with one attached hydrogen (secondary N) is 1. The van der Waals surface area contributed by atoms with Gasteiger partial charge in [0.1, 0.15) is 5.60 Å². The van der Waals surface area contributed by atoms with E-state index in [0.717, 1.165) is 18.5 Å². The normalized spacial score (nSPS) is 12.9. The molecule has 3 aromatic rings. The van der Waals surface area contributed by atoms with Crippen LogP contribution in [0.2, 0.25) is 5.02 Å². The number of para-hydroxylation sites is 2.